The number of hydrogen-bond donors (Lipinski definition) is 1. The van der Waals surface area contributed by atoms with Crippen molar-refractivity contribution in [3.05, 3.63) is 20.8 Å². The Morgan fingerprint density at radius 2 is 2.37 bits per heavy atom. The van der Waals surface area contributed by atoms with Crippen molar-refractivity contribution in [3.8, 4) is 0 Å². The van der Waals surface area contributed by atoms with Crippen molar-refractivity contribution in [1.29, 1.82) is 0 Å². The third-order valence-corrected chi connectivity index (χ3v) is 5.78. The molecule has 0 radical (unpaired) electrons. The van der Waals surface area contributed by atoms with Crippen LogP contribution >= 0.6 is 27.3 Å². The summed E-state index contributed by atoms with van der Waals surface area (Å²) >= 11 is 5.04. The third-order valence-electron chi connectivity index (χ3n) is 3.98. The molecule has 1 N–H and O–H groups in total. The molecule has 106 valence electrons. The van der Waals surface area contributed by atoms with Crippen molar-refractivity contribution in [2.75, 3.05) is 13.2 Å². The minimum atomic E-state index is -0.129. The molecule has 2 rings (SSSR count). The van der Waals surface area contributed by atoms with E-state index in [1.165, 1.54) is 0 Å². The molecule has 1 aromatic heterocycles. The normalized spacial score (nSPS) is 25.4. The van der Waals surface area contributed by atoms with Crippen LogP contribution in [0.5, 0.6) is 0 Å². The number of amides is 1. The third kappa shape index (κ3) is 3.20. The second-order valence-corrected chi connectivity index (χ2v) is 7.76. The number of aliphatic hydroxyl groups excluding tert-OH is 1. The van der Waals surface area contributed by atoms with Crippen LogP contribution in [0.4, 0.5) is 0 Å². The minimum Gasteiger partial charge on any atom is -0.394 e. The van der Waals surface area contributed by atoms with Crippen LogP contribution in [-0.2, 0) is 4.79 Å². The number of carbonyl (C=O) groups excluding carboxylic acids is 1. The zero-order valence-corrected chi connectivity index (χ0v) is 13.7. The van der Waals surface area contributed by atoms with Crippen molar-refractivity contribution in [2.45, 2.75) is 38.6 Å². The molecule has 19 heavy (non-hydrogen) atoms. The SMILES string of the molecule is CC(C(=O)N1CCCC(C)C1CO)c1ccc(Br)s1. The van der Waals surface area contributed by atoms with Crippen LogP contribution in [0, 0.1) is 5.92 Å². The molecule has 0 aromatic carbocycles. The first kappa shape index (κ1) is 15.0. The Hall–Kier alpha value is -0.390. The van der Waals surface area contributed by atoms with E-state index in [0.717, 1.165) is 28.0 Å². The summed E-state index contributed by atoms with van der Waals surface area (Å²) < 4.78 is 1.05. The number of likely N-dealkylation sites (tertiary alicyclic amines) is 1. The van der Waals surface area contributed by atoms with Gasteiger partial charge in [-0.2, -0.15) is 0 Å². The molecule has 0 aliphatic carbocycles. The summed E-state index contributed by atoms with van der Waals surface area (Å²) in [5.41, 5.74) is 0. The van der Waals surface area contributed by atoms with Crippen molar-refractivity contribution in [3.63, 3.8) is 0 Å². The Morgan fingerprint density at radius 1 is 1.63 bits per heavy atom. The van der Waals surface area contributed by atoms with Gasteiger partial charge in [-0.1, -0.05) is 6.92 Å². The molecule has 1 aromatic rings. The number of aliphatic hydroxyl groups is 1. The van der Waals surface area contributed by atoms with E-state index in [0.29, 0.717) is 5.92 Å². The number of carbonyl (C=O) groups is 1. The van der Waals surface area contributed by atoms with Gasteiger partial charge in [0.1, 0.15) is 0 Å². The number of piperidine rings is 1. The van der Waals surface area contributed by atoms with E-state index in [9.17, 15) is 9.90 Å². The van der Waals surface area contributed by atoms with Gasteiger partial charge >= 0.3 is 0 Å². The lowest BCUT2D eigenvalue weighted by atomic mass is 9.90. The van der Waals surface area contributed by atoms with Crippen LogP contribution in [0.2, 0.25) is 0 Å². The zero-order valence-electron chi connectivity index (χ0n) is 11.3. The lowest BCUT2D eigenvalue weighted by Crippen LogP contribution is -2.50. The smallest absolute Gasteiger partial charge is 0.231 e. The van der Waals surface area contributed by atoms with Crippen LogP contribution in [0.3, 0.4) is 0 Å². The fraction of sp³-hybridized carbons (Fsp3) is 0.643. The van der Waals surface area contributed by atoms with Crippen molar-refractivity contribution < 1.29 is 9.90 Å². The largest absolute Gasteiger partial charge is 0.394 e. The molecule has 3 unspecified atom stereocenters. The maximum absolute atomic E-state index is 12.6. The lowest BCUT2D eigenvalue weighted by molar-refractivity contribution is -0.138. The summed E-state index contributed by atoms with van der Waals surface area (Å²) in [7, 11) is 0. The summed E-state index contributed by atoms with van der Waals surface area (Å²) in [4.78, 5) is 15.6. The summed E-state index contributed by atoms with van der Waals surface area (Å²) in [5.74, 6) is 0.389. The summed E-state index contributed by atoms with van der Waals surface area (Å²) in [6.07, 6.45) is 2.12. The van der Waals surface area contributed by atoms with E-state index in [-0.39, 0.29) is 24.5 Å². The van der Waals surface area contributed by atoms with Gasteiger partial charge in [0.25, 0.3) is 0 Å². The van der Waals surface area contributed by atoms with E-state index in [2.05, 4.69) is 22.9 Å². The van der Waals surface area contributed by atoms with Gasteiger partial charge in [0.05, 0.1) is 22.4 Å². The van der Waals surface area contributed by atoms with Gasteiger partial charge in [0.15, 0.2) is 0 Å². The number of thiophene rings is 1. The highest BCUT2D eigenvalue weighted by atomic mass is 79.9. The van der Waals surface area contributed by atoms with E-state index in [4.69, 9.17) is 0 Å². The Morgan fingerprint density at radius 3 is 2.95 bits per heavy atom. The molecule has 3 nitrogen and oxygen atoms in total. The maximum Gasteiger partial charge on any atom is 0.231 e. The Labute approximate surface area is 126 Å². The molecule has 1 aliphatic heterocycles. The van der Waals surface area contributed by atoms with Crippen LogP contribution in [0.25, 0.3) is 0 Å². The number of rotatable bonds is 3. The minimum absolute atomic E-state index is 0.0212. The predicted molar refractivity (Wildman–Crippen MR) is 81.4 cm³/mol. The average Bonchev–Trinajstić information content (AvgIpc) is 2.83. The van der Waals surface area contributed by atoms with Gasteiger partial charge in [0, 0.05) is 11.4 Å². The fourth-order valence-electron chi connectivity index (χ4n) is 2.73. The molecule has 1 aliphatic rings. The van der Waals surface area contributed by atoms with Crippen LogP contribution in [0.1, 0.15) is 37.5 Å². The van der Waals surface area contributed by atoms with Gasteiger partial charge in [-0.25, -0.2) is 0 Å². The second kappa shape index (κ2) is 6.37. The fourth-order valence-corrected chi connectivity index (χ4v) is 4.20. The Bertz CT molecular complexity index is 448. The van der Waals surface area contributed by atoms with Crippen LogP contribution in [-0.4, -0.2) is 35.1 Å². The molecule has 3 atom stereocenters. The standard InChI is InChI=1S/C14H20BrNO2S/c1-9-4-3-7-16(11(9)8-17)14(18)10(2)12-5-6-13(15)19-12/h5-6,9-11,17H,3-4,7-8H2,1-2H3. The summed E-state index contributed by atoms with van der Waals surface area (Å²) in [5, 5.41) is 9.54. The monoisotopic (exact) mass is 345 g/mol. The summed E-state index contributed by atoms with van der Waals surface area (Å²) in [6, 6.07) is 3.96. The highest BCUT2D eigenvalue weighted by Gasteiger charge is 2.34. The molecule has 1 amide bonds. The molecule has 2 heterocycles. The van der Waals surface area contributed by atoms with E-state index in [1.807, 2.05) is 24.0 Å². The highest BCUT2D eigenvalue weighted by molar-refractivity contribution is 9.11. The first-order valence-electron chi connectivity index (χ1n) is 6.71. The number of halogens is 1. The molecule has 1 saturated heterocycles. The van der Waals surface area contributed by atoms with Crippen LogP contribution < -0.4 is 0 Å². The number of hydrogen-bond acceptors (Lipinski definition) is 3. The molecule has 0 spiro atoms. The first-order chi connectivity index (χ1) is 9.04. The topological polar surface area (TPSA) is 40.5 Å². The van der Waals surface area contributed by atoms with Gasteiger partial charge in [-0.3, -0.25) is 4.79 Å². The number of nitrogens with zero attached hydrogens (tertiary/aromatic N) is 1. The average molecular weight is 346 g/mol. The van der Waals surface area contributed by atoms with Gasteiger partial charge in [-0.05, 0) is 53.7 Å². The van der Waals surface area contributed by atoms with Crippen LogP contribution in [0.15, 0.2) is 15.9 Å². The van der Waals surface area contributed by atoms with Gasteiger partial charge in [0.2, 0.25) is 5.91 Å². The lowest BCUT2D eigenvalue weighted by Gasteiger charge is -2.40. The van der Waals surface area contributed by atoms with Crippen molar-refractivity contribution >= 4 is 33.2 Å². The second-order valence-electron chi connectivity index (χ2n) is 5.26. The molecular formula is C14H20BrNO2S. The summed E-state index contributed by atoms with van der Waals surface area (Å²) in [6.45, 7) is 4.90. The highest BCUT2D eigenvalue weighted by Crippen LogP contribution is 2.32. The zero-order chi connectivity index (χ0) is 14.0. The van der Waals surface area contributed by atoms with Crippen molar-refractivity contribution in [2.24, 2.45) is 5.92 Å². The van der Waals surface area contributed by atoms with Gasteiger partial charge < -0.3 is 10.0 Å². The van der Waals surface area contributed by atoms with Crippen molar-refractivity contribution in [1.82, 2.24) is 4.90 Å². The maximum atomic E-state index is 12.6. The predicted octanol–water partition coefficient (Wildman–Crippen LogP) is 3.23. The Balaban J connectivity index is 2.13. The molecule has 0 bridgehead atoms. The molecule has 1 fully saturated rings. The van der Waals surface area contributed by atoms with Gasteiger partial charge in [-0.15, -0.1) is 11.3 Å². The van der Waals surface area contributed by atoms with E-state index in [1.54, 1.807) is 11.3 Å². The molecular weight excluding hydrogens is 326 g/mol. The Kier molecular flexibility index (Phi) is 5.03. The molecule has 0 saturated carbocycles. The van der Waals surface area contributed by atoms with E-state index >= 15 is 0 Å². The first-order valence-corrected chi connectivity index (χ1v) is 8.32. The quantitative estimate of drug-likeness (QED) is 0.913. The van der Waals surface area contributed by atoms with E-state index < -0.39 is 0 Å². The molecule has 5 heteroatoms.